The number of carbonyl (C=O) groups excluding carboxylic acids is 2. The summed E-state index contributed by atoms with van der Waals surface area (Å²) in [7, 11) is 1.66. The molecule has 3 rings (SSSR count). The average molecular weight is 405 g/mol. The summed E-state index contributed by atoms with van der Waals surface area (Å²) in [6.07, 6.45) is 0. The first kappa shape index (κ1) is 19.1. The van der Waals surface area contributed by atoms with Gasteiger partial charge in [-0.2, -0.15) is 11.3 Å². The third kappa shape index (κ3) is 4.37. The predicted octanol–water partition coefficient (Wildman–Crippen LogP) is 4.18. The van der Waals surface area contributed by atoms with Crippen molar-refractivity contribution in [3.8, 4) is 11.3 Å². The summed E-state index contributed by atoms with van der Waals surface area (Å²) in [5.74, 6) is -0.682. The zero-order chi connectivity index (χ0) is 19.4. The molecule has 0 saturated heterocycles. The SMILES string of the molecule is Cc1onc(-c2ccccc2Cl)c1C(=O)OCC(=O)N(C)Cc1ccsc1. The maximum atomic E-state index is 12.5. The van der Waals surface area contributed by atoms with Crippen LogP contribution in [0.2, 0.25) is 5.02 Å². The second-order valence-electron chi connectivity index (χ2n) is 5.90. The number of carbonyl (C=O) groups is 2. The van der Waals surface area contributed by atoms with Crippen LogP contribution in [0, 0.1) is 6.92 Å². The van der Waals surface area contributed by atoms with Crippen LogP contribution in [0.5, 0.6) is 0 Å². The van der Waals surface area contributed by atoms with Crippen molar-refractivity contribution in [2.75, 3.05) is 13.7 Å². The number of nitrogens with zero attached hydrogens (tertiary/aromatic N) is 2. The Hall–Kier alpha value is -2.64. The Balaban J connectivity index is 1.69. The Morgan fingerprint density at radius 1 is 1.30 bits per heavy atom. The van der Waals surface area contributed by atoms with E-state index in [0.717, 1.165) is 5.56 Å². The lowest BCUT2D eigenvalue weighted by molar-refractivity contribution is -0.133. The number of hydrogen-bond acceptors (Lipinski definition) is 6. The van der Waals surface area contributed by atoms with Crippen LogP contribution in [-0.4, -0.2) is 35.6 Å². The number of benzene rings is 1. The largest absolute Gasteiger partial charge is 0.452 e. The molecular weight excluding hydrogens is 388 g/mol. The van der Waals surface area contributed by atoms with E-state index in [1.165, 1.54) is 4.90 Å². The molecule has 0 aliphatic carbocycles. The van der Waals surface area contributed by atoms with E-state index in [9.17, 15) is 9.59 Å². The van der Waals surface area contributed by atoms with Crippen molar-refractivity contribution in [3.63, 3.8) is 0 Å². The van der Waals surface area contributed by atoms with E-state index in [-0.39, 0.29) is 18.1 Å². The van der Waals surface area contributed by atoms with Gasteiger partial charge in [0.1, 0.15) is 17.0 Å². The van der Waals surface area contributed by atoms with Crippen LogP contribution in [0.3, 0.4) is 0 Å². The van der Waals surface area contributed by atoms with Crippen LogP contribution in [0.15, 0.2) is 45.6 Å². The van der Waals surface area contributed by atoms with Crippen LogP contribution >= 0.6 is 22.9 Å². The van der Waals surface area contributed by atoms with E-state index >= 15 is 0 Å². The van der Waals surface area contributed by atoms with E-state index in [4.69, 9.17) is 20.9 Å². The van der Waals surface area contributed by atoms with Crippen LogP contribution in [-0.2, 0) is 16.1 Å². The molecule has 140 valence electrons. The van der Waals surface area contributed by atoms with Gasteiger partial charge in [0.15, 0.2) is 6.61 Å². The third-order valence-corrected chi connectivity index (χ3v) is 5.01. The lowest BCUT2D eigenvalue weighted by Crippen LogP contribution is -2.30. The van der Waals surface area contributed by atoms with Gasteiger partial charge in [0.25, 0.3) is 5.91 Å². The van der Waals surface area contributed by atoms with Gasteiger partial charge < -0.3 is 14.2 Å². The minimum absolute atomic E-state index is 0.163. The molecule has 0 radical (unpaired) electrons. The number of aromatic nitrogens is 1. The Morgan fingerprint density at radius 2 is 2.07 bits per heavy atom. The van der Waals surface area contributed by atoms with E-state index in [2.05, 4.69) is 5.16 Å². The molecule has 3 aromatic rings. The quantitative estimate of drug-likeness (QED) is 0.576. The fourth-order valence-corrected chi connectivity index (χ4v) is 3.39. The molecule has 2 heterocycles. The van der Waals surface area contributed by atoms with Crippen molar-refractivity contribution in [1.82, 2.24) is 10.1 Å². The summed E-state index contributed by atoms with van der Waals surface area (Å²) in [6, 6.07) is 8.92. The van der Waals surface area contributed by atoms with Gasteiger partial charge in [0.2, 0.25) is 0 Å². The van der Waals surface area contributed by atoms with Crippen molar-refractivity contribution >= 4 is 34.8 Å². The van der Waals surface area contributed by atoms with Gasteiger partial charge in [-0.1, -0.05) is 35.0 Å². The highest BCUT2D eigenvalue weighted by molar-refractivity contribution is 7.07. The maximum Gasteiger partial charge on any atom is 0.344 e. The fraction of sp³-hybridized carbons (Fsp3) is 0.211. The van der Waals surface area contributed by atoms with Gasteiger partial charge in [0.05, 0.1) is 5.02 Å². The first-order valence-corrected chi connectivity index (χ1v) is 9.42. The minimum atomic E-state index is -0.680. The first-order chi connectivity index (χ1) is 13.0. The van der Waals surface area contributed by atoms with E-state index in [1.54, 1.807) is 49.6 Å². The Kier molecular flexibility index (Phi) is 5.93. The first-order valence-electron chi connectivity index (χ1n) is 8.10. The molecule has 6 nitrogen and oxygen atoms in total. The molecular formula is C19H17ClN2O4S. The average Bonchev–Trinajstić information content (AvgIpc) is 3.29. The fourth-order valence-electron chi connectivity index (χ4n) is 2.50. The number of amides is 1. The molecule has 0 aliphatic rings. The van der Waals surface area contributed by atoms with Gasteiger partial charge in [-0.25, -0.2) is 4.79 Å². The van der Waals surface area contributed by atoms with Gasteiger partial charge in [-0.3, -0.25) is 4.79 Å². The summed E-state index contributed by atoms with van der Waals surface area (Å²) in [5, 5.41) is 8.27. The van der Waals surface area contributed by atoms with Gasteiger partial charge in [0, 0.05) is 19.2 Å². The van der Waals surface area contributed by atoms with E-state index in [0.29, 0.717) is 28.6 Å². The maximum absolute atomic E-state index is 12.5. The molecule has 1 aromatic carbocycles. The standard InChI is InChI=1S/C19H17ClN2O4S/c1-12-17(18(21-26-12)14-5-3-4-6-15(14)20)19(24)25-10-16(23)22(2)9-13-7-8-27-11-13/h3-8,11H,9-10H2,1-2H3. The third-order valence-electron chi connectivity index (χ3n) is 3.95. The number of ether oxygens (including phenoxy) is 1. The molecule has 0 saturated carbocycles. The molecule has 0 fully saturated rings. The van der Waals surface area contributed by atoms with Crippen LogP contribution in [0.4, 0.5) is 0 Å². The predicted molar refractivity (Wildman–Crippen MR) is 103 cm³/mol. The number of halogens is 1. The molecule has 1 amide bonds. The molecule has 8 heteroatoms. The molecule has 0 spiro atoms. The zero-order valence-corrected chi connectivity index (χ0v) is 16.3. The summed E-state index contributed by atoms with van der Waals surface area (Å²) in [6.45, 7) is 1.69. The monoisotopic (exact) mass is 404 g/mol. The smallest absolute Gasteiger partial charge is 0.344 e. The summed E-state index contributed by atoms with van der Waals surface area (Å²) in [4.78, 5) is 26.3. The number of hydrogen-bond donors (Lipinski definition) is 0. The molecule has 0 unspecified atom stereocenters. The van der Waals surface area contributed by atoms with E-state index < -0.39 is 5.97 Å². The molecule has 0 aliphatic heterocycles. The molecule has 2 aromatic heterocycles. The van der Waals surface area contributed by atoms with Gasteiger partial charge in [-0.05, 0) is 35.4 Å². The highest BCUT2D eigenvalue weighted by Gasteiger charge is 2.25. The molecule has 0 N–H and O–H groups in total. The van der Waals surface area contributed by atoms with Gasteiger partial charge >= 0.3 is 5.97 Å². The van der Waals surface area contributed by atoms with Crippen molar-refractivity contribution in [2.45, 2.75) is 13.5 Å². The molecule has 0 atom stereocenters. The van der Waals surface area contributed by atoms with Crippen molar-refractivity contribution in [3.05, 3.63) is 63.0 Å². The summed E-state index contributed by atoms with van der Waals surface area (Å²) < 4.78 is 10.3. The van der Waals surface area contributed by atoms with Crippen molar-refractivity contribution in [1.29, 1.82) is 0 Å². The number of esters is 1. The highest BCUT2D eigenvalue weighted by Crippen LogP contribution is 2.31. The van der Waals surface area contributed by atoms with E-state index in [1.807, 2.05) is 16.8 Å². The second kappa shape index (κ2) is 8.37. The lowest BCUT2D eigenvalue weighted by atomic mass is 10.1. The highest BCUT2D eigenvalue weighted by atomic mass is 35.5. The number of thiophene rings is 1. The Labute approximate surface area is 165 Å². The second-order valence-corrected chi connectivity index (χ2v) is 7.09. The van der Waals surface area contributed by atoms with Crippen molar-refractivity contribution in [2.24, 2.45) is 0 Å². The summed E-state index contributed by atoms with van der Waals surface area (Å²) >= 11 is 7.75. The summed E-state index contributed by atoms with van der Waals surface area (Å²) in [5.41, 5.74) is 2.04. The van der Waals surface area contributed by atoms with Crippen LogP contribution < -0.4 is 0 Å². The molecule has 27 heavy (non-hydrogen) atoms. The number of likely N-dealkylation sites (N-methyl/N-ethyl adjacent to an activating group) is 1. The normalized spacial score (nSPS) is 10.6. The topological polar surface area (TPSA) is 72.6 Å². The van der Waals surface area contributed by atoms with Crippen LogP contribution in [0.25, 0.3) is 11.3 Å². The Bertz CT molecular complexity index is 953. The zero-order valence-electron chi connectivity index (χ0n) is 14.8. The van der Waals surface area contributed by atoms with Crippen LogP contribution in [0.1, 0.15) is 21.7 Å². The van der Waals surface area contributed by atoms with Crippen molar-refractivity contribution < 1.29 is 18.8 Å². The minimum Gasteiger partial charge on any atom is -0.452 e. The molecule has 0 bridgehead atoms. The number of rotatable bonds is 6. The number of aryl methyl sites for hydroxylation is 1. The lowest BCUT2D eigenvalue weighted by Gasteiger charge is -2.16. The van der Waals surface area contributed by atoms with Gasteiger partial charge in [-0.15, -0.1) is 0 Å². The Morgan fingerprint density at radius 3 is 2.78 bits per heavy atom.